The van der Waals surface area contributed by atoms with E-state index in [0.717, 1.165) is 19.3 Å². The van der Waals surface area contributed by atoms with Crippen molar-refractivity contribution in [1.29, 1.82) is 0 Å². The zero-order chi connectivity index (χ0) is 13.3. The Morgan fingerprint density at radius 3 is 2.58 bits per heavy atom. The maximum absolute atomic E-state index is 6.29. The van der Waals surface area contributed by atoms with Gasteiger partial charge in [0.1, 0.15) is 5.60 Å². The molecule has 1 heterocycles. The Morgan fingerprint density at radius 1 is 1.26 bits per heavy atom. The fourth-order valence-corrected chi connectivity index (χ4v) is 3.27. The molecule has 2 fully saturated rings. The Bertz CT molecular complexity index is 417. The van der Waals surface area contributed by atoms with Gasteiger partial charge in [-0.05, 0) is 38.0 Å². The van der Waals surface area contributed by atoms with Crippen molar-refractivity contribution in [2.45, 2.75) is 63.0 Å². The first-order valence-electron chi connectivity index (χ1n) is 7.40. The molecule has 2 saturated carbocycles. The van der Waals surface area contributed by atoms with E-state index >= 15 is 0 Å². The topological polar surface area (TPSA) is 74.2 Å². The van der Waals surface area contributed by atoms with Crippen LogP contribution in [0.15, 0.2) is 4.52 Å². The van der Waals surface area contributed by atoms with Gasteiger partial charge >= 0.3 is 0 Å². The molecule has 0 saturated heterocycles. The summed E-state index contributed by atoms with van der Waals surface area (Å²) < 4.78 is 11.0. The molecule has 1 unspecified atom stereocenters. The lowest BCUT2D eigenvalue weighted by Gasteiger charge is -2.37. The van der Waals surface area contributed by atoms with Crippen molar-refractivity contribution >= 4 is 0 Å². The number of methoxy groups -OCH3 is 1. The summed E-state index contributed by atoms with van der Waals surface area (Å²) in [5.74, 6) is 1.76. The van der Waals surface area contributed by atoms with Crippen LogP contribution in [0.25, 0.3) is 0 Å². The fraction of sp³-hybridized carbons (Fsp3) is 0.857. The van der Waals surface area contributed by atoms with Crippen LogP contribution in [-0.4, -0.2) is 17.3 Å². The Hall–Kier alpha value is -0.940. The van der Waals surface area contributed by atoms with Gasteiger partial charge < -0.3 is 15.0 Å². The van der Waals surface area contributed by atoms with Gasteiger partial charge in [-0.1, -0.05) is 24.4 Å². The summed E-state index contributed by atoms with van der Waals surface area (Å²) in [7, 11) is 1.72. The molecule has 0 spiro atoms. The summed E-state index contributed by atoms with van der Waals surface area (Å²) in [5, 5.41) is 4.11. The van der Waals surface area contributed by atoms with Crippen molar-refractivity contribution in [1.82, 2.24) is 10.1 Å². The van der Waals surface area contributed by atoms with Gasteiger partial charge in [0.15, 0.2) is 0 Å². The van der Waals surface area contributed by atoms with Gasteiger partial charge in [0.25, 0.3) is 0 Å². The summed E-state index contributed by atoms with van der Waals surface area (Å²) in [5.41, 5.74) is 5.98. The van der Waals surface area contributed by atoms with Gasteiger partial charge in [-0.2, -0.15) is 4.98 Å². The third kappa shape index (κ3) is 2.30. The van der Waals surface area contributed by atoms with Gasteiger partial charge in [-0.3, -0.25) is 0 Å². The molecule has 0 aromatic carbocycles. The third-order valence-corrected chi connectivity index (χ3v) is 4.84. The smallest absolute Gasteiger partial charge is 0.243 e. The van der Waals surface area contributed by atoms with E-state index in [9.17, 15) is 0 Å². The second-order valence-electron chi connectivity index (χ2n) is 5.93. The van der Waals surface area contributed by atoms with Crippen LogP contribution in [0, 0.1) is 5.92 Å². The quantitative estimate of drug-likeness (QED) is 0.906. The fourth-order valence-electron chi connectivity index (χ4n) is 3.27. The minimum atomic E-state index is -0.311. The number of hydrogen-bond acceptors (Lipinski definition) is 5. The zero-order valence-electron chi connectivity index (χ0n) is 11.6. The number of rotatable bonds is 4. The molecule has 5 heteroatoms. The van der Waals surface area contributed by atoms with Crippen LogP contribution in [0.1, 0.15) is 69.1 Å². The van der Waals surface area contributed by atoms with E-state index in [4.69, 9.17) is 15.0 Å². The molecular formula is C14H23N3O2. The Kier molecular flexibility index (Phi) is 3.58. The number of nitrogens with two attached hydrogens (primary N) is 1. The highest BCUT2D eigenvalue weighted by Gasteiger charge is 2.43. The minimum Gasteiger partial charge on any atom is -0.370 e. The predicted octanol–water partition coefficient (Wildman–Crippen LogP) is 2.68. The molecule has 2 aliphatic rings. The molecule has 1 aromatic rings. The normalized spacial score (nSPS) is 24.9. The van der Waals surface area contributed by atoms with Crippen LogP contribution in [-0.2, 0) is 10.3 Å². The van der Waals surface area contributed by atoms with Crippen LogP contribution in [0.5, 0.6) is 0 Å². The van der Waals surface area contributed by atoms with E-state index in [-0.39, 0.29) is 11.6 Å². The number of hydrogen-bond donors (Lipinski definition) is 1. The van der Waals surface area contributed by atoms with E-state index in [1.807, 2.05) is 0 Å². The highest BCUT2D eigenvalue weighted by Crippen LogP contribution is 2.43. The molecule has 2 N–H and O–H groups in total. The highest BCUT2D eigenvalue weighted by molar-refractivity contribution is 5.08. The average molecular weight is 265 g/mol. The first kappa shape index (κ1) is 13.1. The van der Waals surface area contributed by atoms with Crippen LogP contribution in [0.2, 0.25) is 0 Å². The number of ether oxygens (including phenoxy) is 1. The summed E-state index contributed by atoms with van der Waals surface area (Å²) in [4.78, 5) is 4.52. The highest BCUT2D eigenvalue weighted by atomic mass is 16.5. The predicted molar refractivity (Wildman–Crippen MR) is 70.3 cm³/mol. The molecular weight excluding hydrogens is 242 g/mol. The summed E-state index contributed by atoms with van der Waals surface area (Å²) in [6, 6.07) is -0.115. The lowest BCUT2D eigenvalue weighted by Crippen LogP contribution is -2.37. The average Bonchev–Trinajstić information content (AvgIpc) is 2.88. The lowest BCUT2D eigenvalue weighted by molar-refractivity contribution is -0.0858. The number of nitrogens with zero attached hydrogens (tertiary/aromatic N) is 2. The first-order valence-corrected chi connectivity index (χ1v) is 7.40. The molecule has 3 rings (SSSR count). The van der Waals surface area contributed by atoms with Crippen LogP contribution >= 0.6 is 0 Å². The van der Waals surface area contributed by atoms with Crippen LogP contribution in [0.4, 0.5) is 0 Å². The van der Waals surface area contributed by atoms with Crippen molar-refractivity contribution < 1.29 is 9.26 Å². The molecule has 0 radical (unpaired) electrons. The second-order valence-corrected chi connectivity index (χ2v) is 5.93. The zero-order valence-corrected chi connectivity index (χ0v) is 11.6. The molecule has 19 heavy (non-hydrogen) atoms. The molecule has 106 valence electrons. The van der Waals surface area contributed by atoms with Crippen molar-refractivity contribution in [2.75, 3.05) is 7.11 Å². The Labute approximate surface area is 113 Å². The van der Waals surface area contributed by atoms with E-state index in [1.54, 1.807) is 7.11 Å². The Morgan fingerprint density at radius 2 is 2.00 bits per heavy atom. The molecule has 5 nitrogen and oxygen atoms in total. The van der Waals surface area contributed by atoms with Gasteiger partial charge in [-0.15, -0.1) is 0 Å². The van der Waals surface area contributed by atoms with Crippen molar-refractivity contribution in [2.24, 2.45) is 11.7 Å². The van der Waals surface area contributed by atoms with Crippen LogP contribution in [0.3, 0.4) is 0 Å². The molecule has 0 bridgehead atoms. The Balaban J connectivity index is 1.73. The molecule has 0 aliphatic heterocycles. The van der Waals surface area contributed by atoms with E-state index in [2.05, 4.69) is 10.1 Å². The van der Waals surface area contributed by atoms with Gasteiger partial charge in [-0.25, -0.2) is 0 Å². The van der Waals surface area contributed by atoms with E-state index in [1.165, 1.54) is 32.1 Å². The molecule has 1 atom stereocenters. The maximum Gasteiger partial charge on any atom is 0.243 e. The first-order chi connectivity index (χ1) is 9.25. The van der Waals surface area contributed by atoms with Gasteiger partial charge in [0, 0.05) is 7.11 Å². The van der Waals surface area contributed by atoms with Crippen molar-refractivity contribution in [3.63, 3.8) is 0 Å². The minimum absolute atomic E-state index is 0.115. The monoisotopic (exact) mass is 265 g/mol. The maximum atomic E-state index is 6.29. The lowest BCUT2D eigenvalue weighted by atomic mass is 9.79. The van der Waals surface area contributed by atoms with E-state index in [0.29, 0.717) is 17.6 Å². The third-order valence-electron chi connectivity index (χ3n) is 4.84. The van der Waals surface area contributed by atoms with Crippen molar-refractivity contribution in [3.05, 3.63) is 11.7 Å². The molecule has 0 amide bonds. The van der Waals surface area contributed by atoms with Crippen molar-refractivity contribution in [3.8, 4) is 0 Å². The van der Waals surface area contributed by atoms with E-state index < -0.39 is 0 Å². The van der Waals surface area contributed by atoms with Gasteiger partial charge in [0.2, 0.25) is 11.7 Å². The second kappa shape index (κ2) is 5.21. The number of aromatic nitrogens is 2. The van der Waals surface area contributed by atoms with Crippen LogP contribution < -0.4 is 5.73 Å². The summed E-state index contributed by atoms with van der Waals surface area (Å²) in [6.07, 6.45) is 9.31. The molecule has 2 aliphatic carbocycles. The SMILES string of the molecule is COC1(c2noc(C(N)C3CCCCC3)n2)CCC1. The summed E-state index contributed by atoms with van der Waals surface area (Å²) in [6.45, 7) is 0. The molecule has 1 aromatic heterocycles. The summed E-state index contributed by atoms with van der Waals surface area (Å²) >= 11 is 0. The standard InChI is InChI=1S/C14H23N3O2/c1-18-14(8-5-9-14)13-16-12(19-17-13)11(15)10-6-3-2-4-7-10/h10-11H,2-9,15H2,1H3. The largest absolute Gasteiger partial charge is 0.370 e. The van der Waals surface area contributed by atoms with Gasteiger partial charge in [0.05, 0.1) is 6.04 Å².